The van der Waals surface area contributed by atoms with Crippen LogP contribution < -0.4 is 14.2 Å². The fourth-order valence-corrected chi connectivity index (χ4v) is 1.69. The van der Waals surface area contributed by atoms with Gasteiger partial charge in [-0.25, -0.2) is 4.79 Å². The maximum absolute atomic E-state index is 11.4. The van der Waals surface area contributed by atoms with Crippen molar-refractivity contribution in [1.82, 2.24) is 0 Å². The topological polar surface area (TPSA) is 54.0 Å². The molecule has 0 aromatic heterocycles. The number of carbonyl (C=O) groups is 1. The lowest BCUT2D eigenvalue weighted by molar-refractivity contribution is -0.135. The molecule has 5 nitrogen and oxygen atoms in total. The van der Waals surface area contributed by atoms with Crippen molar-refractivity contribution in [2.24, 2.45) is 0 Å². The normalized spacial score (nSPS) is 10.9. The monoisotopic (exact) mass is 266 g/mol. The van der Waals surface area contributed by atoms with Gasteiger partial charge in [0, 0.05) is 11.1 Å². The van der Waals surface area contributed by atoms with Gasteiger partial charge < -0.3 is 18.9 Å². The number of rotatable bonds is 5. The van der Waals surface area contributed by atoms with Crippen molar-refractivity contribution >= 4 is 12.0 Å². The summed E-state index contributed by atoms with van der Waals surface area (Å²) in [5, 5.41) is 0. The molecule has 0 aliphatic heterocycles. The van der Waals surface area contributed by atoms with Crippen molar-refractivity contribution in [1.29, 1.82) is 0 Å². The van der Waals surface area contributed by atoms with E-state index in [1.165, 1.54) is 21.3 Å². The third-order valence-corrected chi connectivity index (χ3v) is 2.61. The maximum Gasteiger partial charge on any atom is 0.333 e. The number of benzene rings is 1. The van der Waals surface area contributed by atoms with E-state index in [1.54, 1.807) is 32.2 Å². The van der Waals surface area contributed by atoms with Crippen LogP contribution in [0.15, 0.2) is 17.7 Å². The van der Waals surface area contributed by atoms with Gasteiger partial charge in [-0.1, -0.05) is 0 Å². The van der Waals surface area contributed by atoms with E-state index >= 15 is 0 Å². The van der Waals surface area contributed by atoms with Gasteiger partial charge in [0.2, 0.25) is 5.75 Å². The Labute approximate surface area is 112 Å². The lowest BCUT2D eigenvalue weighted by Crippen LogP contribution is -2.02. The number of ether oxygens (including phenoxy) is 4. The highest BCUT2D eigenvalue weighted by Gasteiger charge is 2.15. The van der Waals surface area contributed by atoms with Crippen LogP contribution in [-0.2, 0) is 9.53 Å². The van der Waals surface area contributed by atoms with Crippen molar-refractivity contribution in [3.63, 3.8) is 0 Å². The van der Waals surface area contributed by atoms with Crippen molar-refractivity contribution in [3.8, 4) is 17.2 Å². The Morgan fingerprint density at radius 1 is 1.00 bits per heavy atom. The minimum absolute atomic E-state index is 0.392. The van der Waals surface area contributed by atoms with Crippen molar-refractivity contribution in [3.05, 3.63) is 23.3 Å². The average Bonchev–Trinajstić information content (AvgIpc) is 2.45. The highest BCUT2D eigenvalue weighted by atomic mass is 16.5. The number of hydrogen-bond donors (Lipinski definition) is 0. The van der Waals surface area contributed by atoms with Gasteiger partial charge in [0.05, 0.1) is 28.4 Å². The standard InChI is InChI=1S/C14H18O5/c1-9(14(15)19-5)8-10-6-7-11(16-2)13(18-4)12(10)17-3/h6-8H,1-5H3/b9-8+. The van der Waals surface area contributed by atoms with Gasteiger partial charge in [-0.2, -0.15) is 0 Å². The van der Waals surface area contributed by atoms with Crippen LogP contribution in [0, 0.1) is 0 Å². The van der Waals surface area contributed by atoms with Crippen LogP contribution in [0.3, 0.4) is 0 Å². The molecule has 1 aromatic carbocycles. The molecule has 0 saturated heterocycles. The number of methoxy groups -OCH3 is 4. The molecule has 0 aliphatic carbocycles. The highest BCUT2D eigenvalue weighted by molar-refractivity contribution is 5.93. The van der Waals surface area contributed by atoms with Crippen LogP contribution >= 0.6 is 0 Å². The molecule has 0 spiro atoms. The molecule has 0 radical (unpaired) electrons. The Hall–Kier alpha value is -2.17. The van der Waals surface area contributed by atoms with Gasteiger partial charge in [0.25, 0.3) is 0 Å². The zero-order valence-corrected chi connectivity index (χ0v) is 11.8. The molecule has 19 heavy (non-hydrogen) atoms. The number of hydrogen-bond acceptors (Lipinski definition) is 5. The smallest absolute Gasteiger partial charge is 0.333 e. The van der Waals surface area contributed by atoms with E-state index in [4.69, 9.17) is 14.2 Å². The first-order valence-corrected chi connectivity index (χ1v) is 5.64. The van der Waals surface area contributed by atoms with E-state index in [9.17, 15) is 4.79 Å². The first-order valence-electron chi connectivity index (χ1n) is 5.64. The SMILES string of the molecule is COC(=O)/C(C)=C/c1ccc(OC)c(OC)c1OC. The third kappa shape index (κ3) is 3.19. The summed E-state index contributed by atoms with van der Waals surface area (Å²) in [5.41, 5.74) is 1.18. The predicted octanol–water partition coefficient (Wildman–Crippen LogP) is 2.29. The first-order chi connectivity index (χ1) is 9.08. The molecule has 104 valence electrons. The molecule has 0 saturated carbocycles. The molecule has 1 aromatic rings. The van der Waals surface area contributed by atoms with E-state index in [-0.39, 0.29) is 0 Å². The van der Waals surface area contributed by atoms with Crippen LogP contribution in [0.5, 0.6) is 17.2 Å². The van der Waals surface area contributed by atoms with Crippen molar-refractivity contribution in [2.45, 2.75) is 6.92 Å². The van der Waals surface area contributed by atoms with E-state index in [1.807, 2.05) is 0 Å². The Balaban J connectivity index is 3.33. The molecule has 0 heterocycles. The summed E-state index contributed by atoms with van der Waals surface area (Å²) in [5.74, 6) is 1.16. The van der Waals surface area contributed by atoms with Crippen LogP contribution in [0.2, 0.25) is 0 Å². The summed E-state index contributed by atoms with van der Waals surface area (Å²) in [6.07, 6.45) is 1.67. The van der Waals surface area contributed by atoms with Gasteiger partial charge in [-0.05, 0) is 25.1 Å². The molecule has 0 unspecified atom stereocenters. The number of esters is 1. The van der Waals surface area contributed by atoms with E-state index in [0.717, 1.165) is 0 Å². The number of carbonyl (C=O) groups excluding carboxylic acids is 1. The lowest BCUT2D eigenvalue weighted by atomic mass is 10.1. The van der Waals surface area contributed by atoms with Crippen LogP contribution in [0.25, 0.3) is 6.08 Å². The van der Waals surface area contributed by atoms with E-state index < -0.39 is 5.97 Å². The van der Waals surface area contributed by atoms with Gasteiger partial charge in [-0.3, -0.25) is 0 Å². The van der Waals surface area contributed by atoms with Crippen molar-refractivity contribution < 1.29 is 23.7 Å². The Kier molecular flexibility index (Phi) is 5.23. The second-order valence-corrected chi connectivity index (χ2v) is 3.74. The van der Waals surface area contributed by atoms with E-state index in [0.29, 0.717) is 28.4 Å². The molecule has 0 aliphatic rings. The van der Waals surface area contributed by atoms with Crippen molar-refractivity contribution in [2.75, 3.05) is 28.4 Å². The molecule has 1 rings (SSSR count). The molecule has 5 heteroatoms. The Bertz CT molecular complexity index is 491. The second-order valence-electron chi connectivity index (χ2n) is 3.74. The second kappa shape index (κ2) is 6.68. The lowest BCUT2D eigenvalue weighted by Gasteiger charge is -2.14. The summed E-state index contributed by atoms with van der Waals surface area (Å²) < 4.78 is 20.4. The summed E-state index contributed by atoms with van der Waals surface area (Å²) >= 11 is 0. The Morgan fingerprint density at radius 3 is 2.11 bits per heavy atom. The minimum atomic E-state index is -0.392. The summed E-state index contributed by atoms with van der Waals surface area (Å²) in [7, 11) is 5.95. The zero-order valence-electron chi connectivity index (χ0n) is 11.8. The fourth-order valence-electron chi connectivity index (χ4n) is 1.69. The van der Waals surface area contributed by atoms with Crippen LogP contribution in [0.1, 0.15) is 12.5 Å². The molecule has 0 bridgehead atoms. The molecular formula is C14H18O5. The predicted molar refractivity (Wildman–Crippen MR) is 71.8 cm³/mol. The molecule has 0 N–H and O–H groups in total. The van der Waals surface area contributed by atoms with Crippen LogP contribution in [-0.4, -0.2) is 34.4 Å². The maximum atomic E-state index is 11.4. The third-order valence-electron chi connectivity index (χ3n) is 2.61. The molecule has 0 atom stereocenters. The van der Waals surface area contributed by atoms with Gasteiger partial charge in [0.1, 0.15) is 0 Å². The van der Waals surface area contributed by atoms with Gasteiger partial charge in [0.15, 0.2) is 11.5 Å². The Morgan fingerprint density at radius 2 is 1.63 bits per heavy atom. The van der Waals surface area contributed by atoms with Crippen LogP contribution in [0.4, 0.5) is 0 Å². The highest BCUT2D eigenvalue weighted by Crippen LogP contribution is 2.40. The average molecular weight is 266 g/mol. The largest absolute Gasteiger partial charge is 0.493 e. The molecule has 0 amide bonds. The summed E-state index contributed by atoms with van der Waals surface area (Å²) in [4.78, 5) is 11.4. The van der Waals surface area contributed by atoms with Gasteiger partial charge >= 0.3 is 5.97 Å². The summed E-state index contributed by atoms with van der Waals surface area (Å²) in [6.45, 7) is 1.67. The fraction of sp³-hybridized carbons (Fsp3) is 0.357. The molecular weight excluding hydrogens is 248 g/mol. The van der Waals surface area contributed by atoms with E-state index in [2.05, 4.69) is 4.74 Å². The summed E-state index contributed by atoms with van der Waals surface area (Å²) in [6, 6.07) is 3.53. The molecule has 0 fully saturated rings. The minimum Gasteiger partial charge on any atom is -0.493 e. The zero-order chi connectivity index (χ0) is 14.4. The van der Waals surface area contributed by atoms with Gasteiger partial charge in [-0.15, -0.1) is 0 Å². The first kappa shape index (κ1) is 14.9. The quantitative estimate of drug-likeness (QED) is 0.604.